The molecule has 0 fully saturated rings. The molecule has 0 aliphatic carbocycles. The summed E-state index contributed by atoms with van der Waals surface area (Å²) in [6.07, 6.45) is 5.51. The lowest BCUT2D eigenvalue weighted by Gasteiger charge is -2.34. The number of carbonyl (C=O) groups is 1. The van der Waals surface area contributed by atoms with Crippen LogP contribution in [0, 0.1) is 0 Å². The van der Waals surface area contributed by atoms with E-state index >= 15 is 0 Å². The summed E-state index contributed by atoms with van der Waals surface area (Å²) >= 11 is 0. The molecule has 1 amide bonds. The molecule has 0 saturated heterocycles. The van der Waals surface area contributed by atoms with Crippen LogP contribution in [-0.2, 0) is 11.0 Å². The van der Waals surface area contributed by atoms with E-state index in [1.807, 2.05) is 26.8 Å². The highest BCUT2D eigenvalue weighted by Crippen LogP contribution is 2.29. The zero-order valence-electron chi connectivity index (χ0n) is 24.5. The van der Waals surface area contributed by atoms with Crippen LogP contribution in [0.4, 0.5) is 13.2 Å². The smallest absolute Gasteiger partial charge is 0.370 e. The number of alkyl halides is 3. The number of nitrogens with zero attached hydrogens (tertiary/aromatic N) is 3. The second kappa shape index (κ2) is 17.4. The zero-order valence-corrected chi connectivity index (χ0v) is 24.5. The van der Waals surface area contributed by atoms with E-state index in [0.29, 0.717) is 17.3 Å². The number of hydrogen-bond donors (Lipinski definition) is 0. The van der Waals surface area contributed by atoms with Gasteiger partial charge < -0.3 is 9.80 Å². The third-order valence-corrected chi connectivity index (χ3v) is 6.17. The molecule has 0 heterocycles. The minimum atomic E-state index is -4.29. The van der Waals surface area contributed by atoms with Crippen LogP contribution >= 0.6 is 0 Å². The molecule has 1 aromatic rings. The number of carbonyl (C=O) groups excluding carboxylic acids is 1. The van der Waals surface area contributed by atoms with Gasteiger partial charge in [0.15, 0.2) is 0 Å². The predicted molar refractivity (Wildman–Crippen MR) is 155 cm³/mol. The van der Waals surface area contributed by atoms with E-state index in [4.69, 9.17) is 0 Å². The SMILES string of the molecule is C=C/C=C(\C(=C)N(C)C=O)N(C)C(CCC)CCC.CCC(N=C(C)c1ccc(C(F)(F)F)cc1)=C(C)C. The van der Waals surface area contributed by atoms with Crippen molar-refractivity contribution in [3.63, 3.8) is 0 Å². The fourth-order valence-electron chi connectivity index (χ4n) is 3.88. The van der Waals surface area contributed by atoms with Gasteiger partial charge in [0.1, 0.15) is 0 Å². The Hall–Kier alpha value is -3.09. The van der Waals surface area contributed by atoms with Gasteiger partial charge in [0, 0.05) is 31.5 Å². The largest absolute Gasteiger partial charge is 0.416 e. The number of aliphatic imine (C=N–C) groups is 1. The van der Waals surface area contributed by atoms with Crippen molar-refractivity contribution in [3.05, 3.63) is 83.4 Å². The van der Waals surface area contributed by atoms with Crippen LogP contribution in [0.1, 0.15) is 84.8 Å². The Bertz CT molecular complexity index is 979. The van der Waals surface area contributed by atoms with Gasteiger partial charge in [0.25, 0.3) is 0 Å². The van der Waals surface area contributed by atoms with Crippen molar-refractivity contribution in [3.8, 4) is 0 Å². The number of amides is 1. The van der Waals surface area contributed by atoms with Crippen molar-refractivity contribution < 1.29 is 18.0 Å². The van der Waals surface area contributed by atoms with E-state index in [1.165, 1.54) is 17.0 Å². The van der Waals surface area contributed by atoms with Gasteiger partial charge in [-0.25, -0.2) is 0 Å². The van der Waals surface area contributed by atoms with Crippen LogP contribution in [0.25, 0.3) is 0 Å². The molecular formula is C31H46F3N3O. The molecule has 0 saturated carbocycles. The molecule has 0 radical (unpaired) electrons. The standard InChI is InChI=1S/C16H28N2O.C15H18F3N/c1-7-10-15(11-8-2)18(6)16(12-9-3)14(4)17(5)13-19;1-5-14(10(2)3)19-11(4)12-6-8-13(9-7-12)15(16,17)18/h9,12-13,15H,3-4,7-8,10-11H2,1-2,5-6H3;6-9H,5H2,1-4H3/b16-12+;. The van der Waals surface area contributed by atoms with E-state index < -0.39 is 11.7 Å². The first-order chi connectivity index (χ1) is 17.8. The van der Waals surface area contributed by atoms with E-state index in [9.17, 15) is 18.0 Å². The van der Waals surface area contributed by atoms with Crippen LogP contribution < -0.4 is 0 Å². The summed E-state index contributed by atoms with van der Waals surface area (Å²) in [6.45, 7) is 19.9. The Morgan fingerprint density at radius 2 is 1.55 bits per heavy atom. The molecule has 7 heteroatoms. The fraction of sp³-hybridized carbons (Fsp3) is 0.484. The topological polar surface area (TPSA) is 35.9 Å². The summed E-state index contributed by atoms with van der Waals surface area (Å²) in [5.41, 5.74) is 4.55. The van der Waals surface area contributed by atoms with Crippen molar-refractivity contribution in [1.82, 2.24) is 9.80 Å². The molecule has 0 spiro atoms. The summed E-state index contributed by atoms with van der Waals surface area (Å²) in [5, 5.41) is 0. The number of allylic oxidation sites excluding steroid dienone is 4. The van der Waals surface area contributed by atoms with E-state index in [-0.39, 0.29) is 0 Å². The highest BCUT2D eigenvalue weighted by molar-refractivity contribution is 5.99. The number of rotatable bonds is 13. The molecule has 0 unspecified atom stereocenters. The van der Waals surface area contributed by atoms with Gasteiger partial charge in [-0.05, 0) is 63.8 Å². The molecule has 0 aromatic heterocycles. The van der Waals surface area contributed by atoms with Crippen LogP contribution in [0.5, 0.6) is 0 Å². The minimum absolute atomic E-state index is 0.470. The Balaban J connectivity index is 0.000000721. The zero-order chi connectivity index (χ0) is 29.5. The van der Waals surface area contributed by atoms with Crippen molar-refractivity contribution in [2.45, 2.75) is 85.9 Å². The molecule has 1 rings (SSSR count). The molecule has 0 atom stereocenters. The molecule has 4 nitrogen and oxygen atoms in total. The Morgan fingerprint density at radius 3 is 1.92 bits per heavy atom. The summed E-state index contributed by atoms with van der Waals surface area (Å²) < 4.78 is 37.4. The highest BCUT2D eigenvalue weighted by Gasteiger charge is 2.30. The minimum Gasteiger partial charge on any atom is -0.370 e. The van der Waals surface area contributed by atoms with Crippen molar-refractivity contribution in [2.75, 3.05) is 14.1 Å². The highest BCUT2D eigenvalue weighted by atomic mass is 19.4. The first-order valence-electron chi connectivity index (χ1n) is 13.1. The second-order valence-corrected chi connectivity index (χ2v) is 9.37. The monoisotopic (exact) mass is 533 g/mol. The van der Waals surface area contributed by atoms with E-state index in [2.05, 4.69) is 43.9 Å². The Labute approximate surface area is 228 Å². The average Bonchev–Trinajstić information content (AvgIpc) is 2.88. The second-order valence-electron chi connectivity index (χ2n) is 9.37. The van der Waals surface area contributed by atoms with Gasteiger partial charge in [-0.3, -0.25) is 9.79 Å². The first kappa shape index (κ1) is 34.9. The van der Waals surface area contributed by atoms with E-state index in [0.717, 1.165) is 73.3 Å². The Morgan fingerprint density at radius 1 is 1.03 bits per heavy atom. The molecule has 0 bridgehead atoms. The number of likely N-dealkylation sites (N-methyl/N-ethyl adjacent to an activating group) is 2. The van der Waals surface area contributed by atoms with E-state index in [1.54, 1.807) is 20.0 Å². The lowest BCUT2D eigenvalue weighted by atomic mass is 10.0. The van der Waals surface area contributed by atoms with Crippen molar-refractivity contribution in [1.29, 1.82) is 0 Å². The predicted octanol–water partition coefficient (Wildman–Crippen LogP) is 8.78. The summed E-state index contributed by atoms with van der Waals surface area (Å²) in [6, 6.07) is 5.56. The van der Waals surface area contributed by atoms with Gasteiger partial charge in [-0.2, -0.15) is 13.2 Å². The molecule has 1 aromatic carbocycles. The van der Waals surface area contributed by atoms with Gasteiger partial charge >= 0.3 is 6.18 Å². The maximum Gasteiger partial charge on any atom is 0.416 e. The summed E-state index contributed by atoms with van der Waals surface area (Å²) in [4.78, 5) is 19.1. The molecular weight excluding hydrogens is 487 g/mol. The molecule has 0 aliphatic heterocycles. The van der Waals surface area contributed by atoms with Crippen molar-refractivity contribution >= 4 is 12.1 Å². The normalized spacial score (nSPS) is 11.9. The first-order valence-corrected chi connectivity index (χ1v) is 13.1. The quantitative estimate of drug-likeness (QED) is 0.144. The fourth-order valence-corrected chi connectivity index (χ4v) is 3.88. The molecule has 0 aliphatic rings. The van der Waals surface area contributed by atoms with Gasteiger partial charge in [-0.15, -0.1) is 0 Å². The van der Waals surface area contributed by atoms with Gasteiger partial charge in [-0.1, -0.05) is 70.6 Å². The molecule has 212 valence electrons. The average molecular weight is 534 g/mol. The molecule has 0 N–H and O–H groups in total. The lowest BCUT2D eigenvalue weighted by Crippen LogP contribution is -2.34. The maximum absolute atomic E-state index is 12.5. The van der Waals surface area contributed by atoms with Crippen LogP contribution in [-0.4, -0.2) is 42.1 Å². The third-order valence-electron chi connectivity index (χ3n) is 6.17. The number of halogens is 3. The van der Waals surface area contributed by atoms with Crippen LogP contribution in [0.2, 0.25) is 0 Å². The Kier molecular flexibility index (Phi) is 16.0. The summed E-state index contributed by atoms with van der Waals surface area (Å²) in [5.74, 6) is 0. The third kappa shape index (κ3) is 11.5. The number of hydrogen-bond acceptors (Lipinski definition) is 3. The summed E-state index contributed by atoms with van der Waals surface area (Å²) in [7, 11) is 3.78. The molecule has 38 heavy (non-hydrogen) atoms. The maximum atomic E-state index is 12.5. The van der Waals surface area contributed by atoms with Gasteiger partial charge in [0.05, 0.1) is 17.0 Å². The lowest BCUT2D eigenvalue weighted by molar-refractivity contribution is -0.137. The van der Waals surface area contributed by atoms with Gasteiger partial charge in [0.2, 0.25) is 6.41 Å². The number of benzene rings is 1. The van der Waals surface area contributed by atoms with Crippen LogP contribution in [0.3, 0.4) is 0 Å². The van der Waals surface area contributed by atoms with Crippen molar-refractivity contribution in [2.24, 2.45) is 4.99 Å². The van der Waals surface area contributed by atoms with Crippen LogP contribution in [0.15, 0.2) is 77.2 Å².